The monoisotopic (exact) mass is 421 g/mol. The van der Waals surface area contributed by atoms with Crippen LogP contribution in [0, 0.1) is 0 Å². The Balaban J connectivity index is 1.20. The first kappa shape index (κ1) is 18.3. The van der Waals surface area contributed by atoms with Crippen LogP contribution in [0.2, 0.25) is 0 Å². The SMILES string of the molecule is c1ccc(N2CCc3cc(Oc4ccnc(Nc5ccc6[nH]cnc6c5)n4)ccc32)nc1. The second-order valence-electron chi connectivity index (χ2n) is 7.46. The van der Waals surface area contributed by atoms with Crippen molar-refractivity contribution in [3.63, 3.8) is 0 Å². The average molecular weight is 421 g/mol. The highest BCUT2D eigenvalue weighted by atomic mass is 16.5. The third-order valence-electron chi connectivity index (χ3n) is 5.40. The van der Waals surface area contributed by atoms with E-state index in [0.717, 1.165) is 46.9 Å². The van der Waals surface area contributed by atoms with Gasteiger partial charge >= 0.3 is 0 Å². The molecule has 0 radical (unpaired) electrons. The molecule has 8 nitrogen and oxygen atoms in total. The number of H-pyrrole nitrogens is 1. The molecule has 2 N–H and O–H groups in total. The quantitative estimate of drug-likeness (QED) is 0.414. The Labute approximate surface area is 184 Å². The van der Waals surface area contributed by atoms with Crippen LogP contribution in [0.15, 0.2) is 79.4 Å². The molecule has 156 valence electrons. The van der Waals surface area contributed by atoms with Crippen molar-refractivity contribution in [2.75, 3.05) is 16.8 Å². The van der Waals surface area contributed by atoms with E-state index in [0.29, 0.717) is 11.8 Å². The summed E-state index contributed by atoms with van der Waals surface area (Å²) in [5, 5.41) is 3.21. The molecule has 0 unspecified atom stereocenters. The number of imidazole rings is 1. The Kier molecular flexibility index (Phi) is 4.39. The number of nitrogens with zero attached hydrogens (tertiary/aromatic N) is 5. The first-order valence-electron chi connectivity index (χ1n) is 10.3. The predicted octanol–water partition coefficient (Wildman–Crippen LogP) is 4.98. The van der Waals surface area contributed by atoms with Gasteiger partial charge in [0.05, 0.1) is 17.4 Å². The Morgan fingerprint density at radius 3 is 2.88 bits per heavy atom. The number of hydrogen-bond donors (Lipinski definition) is 2. The Bertz CT molecular complexity index is 1400. The second kappa shape index (κ2) is 7.66. The van der Waals surface area contributed by atoms with E-state index in [1.807, 2.05) is 48.7 Å². The fourth-order valence-electron chi connectivity index (χ4n) is 3.91. The number of hydrogen-bond acceptors (Lipinski definition) is 7. The minimum atomic E-state index is 0.458. The van der Waals surface area contributed by atoms with Crippen LogP contribution >= 0.6 is 0 Å². The number of pyridine rings is 1. The van der Waals surface area contributed by atoms with E-state index in [1.165, 1.54) is 5.56 Å². The van der Waals surface area contributed by atoms with E-state index in [4.69, 9.17) is 4.74 Å². The molecule has 1 aliphatic heterocycles. The predicted molar refractivity (Wildman–Crippen MR) is 123 cm³/mol. The van der Waals surface area contributed by atoms with E-state index in [-0.39, 0.29) is 0 Å². The van der Waals surface area contributed by atoms with Crippen molar-refractivity contribution in [1.82, 2.24) is 24.9 Å². The summed E-state index contributed by atoms with van der Waals surface area (Å²) in [5.74, 6) is 2.64. The van der Waals surface area contributed by atoms with Crippen molar-refractivity contribution in [3.05, 3.63) is 84.9 Å². The molecule has 2 aromatic carbocycles. The molecule has 0 bridgehead atoms. The van der Waals surface area contributed by atoms with Gasteiger partial charge in [-0.25, -0.2) is 15.0 Å². The summed E-state index contributed by atoms with van der Waals surface area (Å²) in [5.41, 5.74) is 5.10. The molecule has 1 aliphatic rings. The highest BCUT2D eigenvalue weighted by Crippen LogP contribution is 2.36. The molecule has 3 aromatic heterocycles. The van der Waals surface area contributed by atoms with Crippen LogP contribution in [0.1, 0.15) is 5.56 Å². The summed E-state index contributed by atoms with van der Waals surface area (Å²) in [7, 11) is 0. The lowest BCUT2D eigenvalue weighted by Crippen LogP contribution is -2.14. The van der Waals surface area contributed by atoms with Gasteiger partial charge in [0.15, 0.2) is 0 Å². The average Bonchev–Trinajstić information content (AvgIpc) is 3.46. The Hall–Kier alpha value is -4.46. The van der Waals surface area contributed by atoms with Crippen LogP contribution in [0.5, 0.6) is 11.6 Å². The number of anilines is 4. The van der Waals surface area contributed by atoms with Gasteiger partial charge in [-0.3, -0.25) is 0 Å². The van der Waals surface area contributed by atoms with Crippen molar-refractivity contribution in [3.8, 4) is 11.6 Å². The number of aromatic amines is 1. The van der Waals surface area contributed by atoms with Crippen molar-refractivity contribution in [2.24, 2.45) is 0 Å². The number of fused-ring (bicyclic) bond motifs is 2. The highest BCUT2D eigenvalue weighted by Gasteiger charge is 2.21. The number of aromatic nitrogens is 5. The van der Waals surface area contributed by atoms with E-state index >= 15 is 0 Å². The topological polar surface area (TPSA) is 91.8 Å². The molecule has 0 aliphatic carbocycles. The van der Waals surface area contributed by atoms with Crippen LogP contribution < -0.4 is 15.0 Å². The van der Waals surface area contributed by atoms with Crippen LogP contribution in [-0.2, 0) is 6.42 Å². The molecule has 0 saturated carbocycles. The highest BCUT2D eigenvalue weighted by molar-refractivity contribution is 5.79. The molecule has 0 atom stereocenters. The fraction of sp³-hybridized carbons (Fsp3) is 0.0833. The third-order valence-corrected chi connectivity index (χ3v) is 5.40. The molecule has 32 heavy (non-hydrogen) atoms. The van der Waals surface area contributed by atoms with Crippen molar-refractivity contribution in [2.45, 2.75) is 6.42 Å². The minimum absolute atomic E-state index is 0.458. The molecule has 0 fully saturated rings. The number of benzene rings is 2. The first-order chi connectivity index (χ1) is 15.8. The number of rotatable bonds is 5. The number of ether oxygens (including phenoxy) is 1. The lowest BCUT2D eigenvalue weighted by Gasteiger charge is -2.18. The second-order valence-corrected chi connectivity index (χ2v) is 7.46. The summed E-state index contributed by atoms with van der Waals surface area (Å²) in [6, 6.07) is 19.7. The molecule has 0 saturated heterocycles. The summed E-state index contributed by atoms with van der Waals surface area (Å²) < 4.78 is 6.04. The van der Waals surface area contributed by atoms with Crippen LogP contribution in [0.25, 0.3) is 11.0 Å². The molecular weight excluding hydrogens is 402 g/mol. The van der Waals surface area contributed by atoms with E-state index in [9.17, 15) is 0 Å². The smallest absolute Gasteiger partial charge is 0.230 e. The third kappa shape index (κ3) is 3.47. The Morgan fingerprint density at radius 1 is 0.938 bits per heavy atom. The van der Waals surface area contributed by atoms with E-state index in [2.05, 4.69) is 47.3 Å². The maximum atomic E-state index is 6.04. The fourth-order valence-corrected chi connectivity index (χ4v) is 3.91. The zero-order valence-corrected chi connectivity index (χ0v) is 17.1. The maximum absolute atomic E-state index is 6.04. The molecule has 8 heteroatoms. The van der Waals surface area contributed by atoms with Crippen LogP contribution in [0.4, 0.5) is 23.1 Å². The maximum Gasteiger partial charge on any atom is 0.230 e. The van der Waals surface area contributed by atoms with Crippen LogP contribution in [-0.4, -0.2) is 31.5 Å². The van der Waals surface area contributed by atoms with Gasteiger partial charge in [0.1, 0.15) is 11.6 Å². The molecule has 6 rings (SSSR count). The minimum Gasteiger partial charge on any atom is -0.439 e. The van der Waals surface area contributed by atoms with Gasteiger partial charge in [-0.2, -0.15) is 4.98 Å². The normalized spacial score (nSPS) is 12.7. The largest absolute Gasteiger partial charge is 0.439 e. The van der Waals surface area contributed by atoms with Gasteiger partial charge < -0.3 is 19.9 Å². The van der Waals surface area contributed by atoms with Crippen molar-refractivity contribution >= 4 is 34.2 Å². The van der Waals surface area contributed by atoms with Gasteiger partial charge in [0.2, 0.25) is 11.8 Å². The number of nitrogens with one attached hydrogen (secondary N) is 2. The van der Waals surface area contributed by atoms with E-state index < -0.39 is 0 Å². The van der Waals surface area contributed by atoms with Crippen molar-refractivity contribution in [1.29, 1.82) is 0 Å². The molecule has 5 aromatic rings. The molecular formula is C24H19N7O. The standard InChI is InChI=1S/C24H19N7O/c1-2-10-25-22(3-1)31-12-9-16-13-18(5-7-21(16)31)32-23-8-11-26-24(30-23)29-17-4-6-19-20(14-17)28-15-27-19/h1-8,10-11,13-15H,9,12H2,(H,27,28)(H,26,29,30). The summed E-state index contributed by atoms with van der Waals surface area (Å²) in [4.78, 5) is 22.9. The van der Waals surface area contributed by atoms with Gasteiger partial charge in [0.25, 0.3) is 0 Å². The molecule has 4 heterocycles. The first-order valence-corrected chi connectivity index (χ1v) is 10.3. The van der Waals surface area contributed by atoms with Gasteiger partial charge in [0, 0.05) is 36.4 Å². The zero-order valence-electron chi connectivity index (χ0n) is 17.1. The van der Waals surface area contributed by atoms with Gasteiger partial charge in [-0.1, -0.05) is 6.07 Å². The van der Waals surface area contributed by atoms with Gasteiger partial charge in [-0.15, -0.1) is 0 Å². The Morgan fingerprint density at radius 2 is 1.94 bits per heavy atom. The summed E-state index contributed by atoms with van der Waals surface area (Å²) >= 11 is 0. The summed E-state index contributed by atoms with van der Waals surface area (Å²) in [6.45, 7) is 0.901. The lowest BCUT2D eigenvalue weighted by molar-refractivity contribution is 0.462. The van der Waals surface area contributed by atoms with Crippen molar-refractivity contribution < 1.29 is 4.74 Å². The molecule has 0 spiro atoms. The summed E-state index contributed by atoms with van der Waals surface area (Å²) in [6.07, 6.45) is 6.10. The van der Waals surface area contributed by atoms with Crippen LogP contribution in [0.3, 0.4) is 0 Å². The zero-order chi connectivity index (χ0) is 21.3. The van der Waals surface area contributed by atoms with E-state index in [1.54, 1.807) is 18.6 Å². The molecule has 0 amide bonds. The van der Waals surface area contributed by atoms with Gasteiger partial charge in [-0.05, 0) is 60.5 Å². The lowest BCUT2D eigenvalue weighted by atomic mass is 10.1.